The lowest BCUT2D eigenvalue weighted by atomic mass is 9.97. The second-order valence-corrected chi connectivity index (χ2v) is 11.1. The van der Waals surface area contributed by atoms with Gasteiger partial charge in [-0.2, -0.15) is 4.68 Å². The van der Waals surface area contributed by atoms with Gasteiger partial charge in [-0.3, -0.25) is 4.79 Å². The van der Waals surface area contributed by atoms with Crippen LogP contribution >= 0.6 is 46.4 Å². The predicted octanol–water partition coefficient (Wildman–Crippen LogP) is 6.58. The van der Waals surface area contributed by atoms with Gasteiger partial charge in [0.05, 0.1) is 21.3 Å². The van der Waals surface area contributed by atoms with E-state index in [1.807, 2.05) is 20.8 Å². The van der Waals surface area contributed by atoms with Crippen LogP contribution in [0.25, 0.3) is 5.69 Å². The first-order valence-electron chi connectivity index (χ1n) is 11.0. The molecule has 0 aliphatic rings. The van der Waals surface area contributed by atoms with Crippen LogP contribution in [-0.2, 0) is 5.41 Å². The Labute approximate surface area is 241 Å². The summed E-state index contributed by atoms with van der Waals surface area (Å²) in [6, 6.07) is 7.59. The molecule has 3 aromatic rings. The molecule has 0 saturated heterocycles. The zero-order valence-electron chi connectivity index (χ0n) is 21.3. The van der Waals surface area contributed by atoms with Crippen molar-refractivity contribution in [1.82, 2.24) is 15.1 Å². The van der Waals surface area contributed by atoms with Crippen LogP contribution in [0.4, 0.5) is 0 Å². The fraction of sp³-hybridized carbons (Fsp3) is 0.296. The highest BCUT2D eigenvalue weighted by Gasteiger charge is 2.24. The van der Waals surface area contributed by atoms with Crippen molar-refractivity contribution in [2.45, 2.75) is 45.6 Å². The summed E-state index contributed by atoms with van der Waals surface area (Å²) in [7, 11) is 0. The smallest absolute Gasteiger partial charge is 0.442 e. The maximum atomic E-state index is 12.0. The second kappa shape index (κ2) is 12.7. The van der Waals surface area contributed by atoms with Crippen LogP contribution in [0, 0.1) is 24.7 Å². The molecule has 0 spiro atoms. The lowest BCUT2D eigenvalue weighted by molar-refractivity contribution is 0.0930. The number of carbonyl (C=O) groups excluding carboxylic acids is 1. The molecule has 0 bridgehead atoms. The van der Waals surface area contributed by atoms with Crippen molar-refractivity contribution < 1.29 is 13.9 Å². The van der Waals surface area contributed by atoms with Crippen LogP contribution in [0.1, 0.15) is 50.9 Å². The lowest BCUT2D eigenvalue weighted by Crippen LogP contribution is -2.42. The van der Waals surface area contributed by atoms with Gasteiger partial charge < -0.3 is 14.5 Å². The first-order chi connectivity index (χ1) is 17.6. The molecule has 1 N–H and O–H groups in total. The normalized spacial score (nSPS) is 11.0. The van der Waals surface area contributed by atoms with E-state index in [9.17, 15) is 9.59 Å². The second-order valence-electron chi connectivity index (χ2n) is 9.44. The van der Waals surface area contributed by atoms with Crippen LogP contribution in [0.2, 0.25) is 20.1 Å². The highest BCUT2D eigenvalue weighted by Crippen LogP contribution is 2.33. The fourth-order valence-corrected chi connectivity index (χ4v) is 3.76. The Morgan fingerprint density at radius 3 is 2.13 bits per heavy atom. The van der Waals surface area contributed by atoms with E-state index in [1.165, 1.54) is 24.3 Å². The van der Waals surface area contributed by atoms with Crippen LogP contribution in [0.3, 0.4) is 0 Å². The molecule has 0 fully saturated rings. The molecule has 0 aliphatic carbocycles. The highest BCUT2D eigenvalue weighted by atomic mass is 35.5. The number of ether oxygens (including phenoxy) is 1. The van der Waals surface area contributed by atoms with Crippen molar-refractivity contribution in [1.29, 1.82) is 0 Å². The molecule has 0 radical (unpaired) electrons. The Kier molecular flexibility index (Phi) is 10.4. The van der Waals surface area contributed by atoms with Gasteiger partial charge in [0.1, 0.15) is 12.4 Å². The molecule has 0 saturated carbocycles. The van der Waals surface area contributed by atoms with E-state index in [4.69, 9.17) is 68.4 Å². The van der Waals surface area contributed by atoms with Gasteiger partial charge in [0.25, 0.3) is 5.91 Å². The molecule has 1 amide bonds. The summed E-state index contributed by atoms with van der Waals surface area (Å²) in [5.41, 5.74) is -0.416. The predicted molar refractivity (Wildman–Crippen MR) is 152 cm³/mol. The van der Waals surface area contributed by atoms with E-state index in [0.717, 1.165) is 4.68 Å². The van der Waals surface area contributed by atoms with Crippen LogP contribution < -0.4 is 15.8 Å². The summed E-state index contributed by atoms with van der Waals surface area (Å²) in [5.74, 6) is 4.48. The molecule has 38 heavy (non-hydrogen) atoms. The van der Waals surface area contributed by atoms with Crippen molar-refractivity contribution in [3.63, 3.8) is 0 Å². The minimum absolute atomic E-state index is 0.0434. The Balaban J connectivity index is 0.000000281. The molecular formula is C27H25Cl4N3O4. The fourth-order valence-electron chi connectivity index (χ4n) is 2.72. The van der Waals surface area contributed by atoms with Gasteiger partial charge in [0.2, 0.25) is 5.89 Å². The van der Waals surface area contributed by atoms with E-state index < -0.39 is 16.7 Å². The number of amides is 1. The average molecular weight is 597 g/mol. The van der Waals surface area contributed by atoms with Gasteiger partial charge in [-0.25, -0.2) is 4.79 Å². The SMILES string of the molecule is C#CC(C)(C)NC(=O)c1cc(Cl)cc(Cl)c1.C#CCOc1cc(-n2nc(C(C)(C)C)oc2=O)c(Cl)cc1Cl. The summed E-state index contributed by atoms with van der Waals surface area (Å²) in [4.78, 5) is 23.8. The number of halogens is 4. The zero-order valence-corrected chi connectivity index (χ0v) is 24.3. The summed E-state index contributed by atoms with van der Waals surface area (Å²) in [6.07, 6.45) is 10.4. The Hall–Kier alpha value is -3.07. The van der Waals surface area contributed by atoms with Gasteiger partial charge in [-0.1, -0.05) is 79.0 Å². The molecule has 200 valence electrons. The Morgan fingerprint density at radius 1 is 1.03 bits per heavy atom. The van der Waals surface area contributed by atoms with Crippen LogP contribution in [-0.4, -0.2) is 27.8 Å². The minimum atomic E-state index is -0.703. The van der Waals surface area contributed by atoms with Crippen molar-refractivity contribution in [3.05, 3.63) is 72.4 Å². The van der Waals surface area contributed by atoms with Crippen molar-refractivity contribution in [3.8, 4) is 36.1 Å². The van der Waals surface area contributed by atoms with Gasteiger partial charge in [0.15, 0.2) is 0 Å². The van der Waals surface area contributed by atoms with Gasteiger partial charge in [-0.15, -0.1) is 17.9 Å². The molecule has 3 rings (SSSR count). The van der Waals surface area contributed by atoms with Crippen molar-refractivity contribution in [2.75, 3.05) is 6.61 Å². The molecule has 7 nitrogen and oxygen atoms in total. The van der Waals surface area contributed by atoms with Gasteiger partial charge >= 0.3 is 5.76 Å². The van der Waals surface area contributed by atoms with E-state index in [0.29, 0.717) is 32.9 Å². The first-order valence-corrected chi connectivity index (χ1v) is 12.5. The summed E-state index contributed by atoms with van der Waals surface area (Å²) < 4.78 is 11.6. The number of benzene rings is 2. The highest BCUT2D eigenvalue weighted by molar-refractivity contribution is 6.36. The van der Waals surface area contributed by atoms with Crippen molar-refractivity contribution in [2.24, 2.45) is 0 Å². The quantitative estimate of drug-likeness (QED) is 0.336. The summed E-state index contributed by atoms with van der Waals surface area (Å²) in [6.45, 7) is 9.16. The zero-order chi connectivity index (χ0) is 28.8. The number of terminal acetylenes is 2. The lowest BCUT2D eigenvalue weighted by Gasteiger charge is -2.19. The van der Waals surface area contributed by atoms with Crippen LogP contribution in [0.15, 0.2) is 39.5 Å². The third-order valence-corrected chi connectivity index (χ3v) is 5.68. The summed E-state index contributed by atoms with van der Waals surface area (Å²) in [5, 5.41) is 8.22. The standard InChI is InChI=1S/C15H14Cl2N2O3.C12H11Cl2NO/c1-5-6-21-12-8-11(9(16)7-10(12)17)19-14(20)22-13(18-19)15(2,3)4;1-4-12(2,3)15-11(16)8-5-9(13)7-10(14)6-8/h1,7-8H,6H2,2-4H3;1,5-7H,2-3H3,(H,15,16). The Bertz CT molecular complexity index is 1450. The maximum Gasteiger partial charge on any atom is 0.442 e. The van der Waals surface area contributed by atoms with E-state index in [2.05, 4.69) is 22.3 Å². The average Bonchev–Trinajstić information content (AvgIpc) is 3.20. The monoisotopic (exact) mass is 595 g/mol. The number of nitrogens with one attached hydrogen (secondary N) is 1. The van der Waals surface area contributed by atoms with Crippen molar-refractivity contribution >= 4 is 52.3 Å². The topological polar surface area (TPSA) is 86.4 Å². The molecule has 2 aromatic carbocycles. The number of rotatable bonds is 5. The van der Waals surface area contributed by atoms with E-state index in [-0.39, 0.29) is 22.6 Å². The largest absolute Gasteiger partial charge is 0.479 e. The Morgan fingerprint density at radius 2 is 1.63 bits per heavy atom. The first kappa shape index (κ1) is 31.1. The minimum Gasteiger partial charge on any atom is -0.479 e. The maximum absolute atomic E-state index is 12.0. The third kappa shape index (κ3) is 8.48. The molecular weight excluding hydrogens is 572 g/mol. The van der Waals surface area contributed by atoms with Gasteiger partial charge in [0, 0.05) is 27.1 Å². The van der Waals surface area contributed by atoms with Crippen LogP contribution in [0.5, 0.6) is 5.75 Å². The molecule has 0 unspecified atom stereocenters. The number of hydrogen-bond acceptors (Lipinski definition) is 5. The molecule has 1 heterocycles. The number of hydrogen-bond donors (Lipinski definition) is 1. The number of aromatic nitrogens is 2. The van der Waals surface area contributed by atoms with Gasteiger partial charge in [-0.05, 0) is 38.1 Å². The van der Waals surface area contributed by atoms with E-state index in [1.54, 1.807) is 19.9 Å². The van der Waals surface area contributed by atoms with E-state index >= 15 is 0 Å². The number of carbonyl (C=O) groups is 1. The third-order valence-electron chi connectivity index (χ3n) is 4.64. The number of nitrogens with zero attached hydrogens (tertiary/aromatic N) is 2. The summed E-state index contributed by atoms with van der Waals surface area (Å²) >= 11 is 23.8. The molecule has 11 heteroatoms. The molecule has 0 atom stereocenters. The molecule has 1 aromatic heterocycles. The molecule has 0 aliphatic heterocycles.